The van der Waals surface area contributed by atoms with E-state index in [1.54, 1.807) is 7.11 Å². The summed E-state index contributed by atoms with van der Waals surface area (Å²) in [6.07, 6.45) is 4.86. The molecule has 1 saturated heterocycles. The van der Waals surface area contributed by atoms with Gasteiger partial charge in [0.05, 0.1) is 7.11 Å². The summed E-state index contributed by atoms with van der Waals surface area (Å²) in [5.74, 6) is 1.78. The molecular weight excluding hydrogens is 250 g/mol. The van der Waals surface area contributed by atoms with Crippen LogP contribution in [0, 0.1) is 5.92 Å². The summed E-state index contributed by atoms with van der Waals surface area (Å²) >= 11 is 0. The van der Waals surface area contributed by atoms with Crippen LogP contribution in [-0.4, -0.2) is 44.9 Å². The van der Waals surface area contributed by atoms with Gasteiger partial charge in [0.2, 0.25) is 0 Å². The maximum Gasteiger partial charge on any atom is 0.119 e. The summed E-state index contributed by atoms with van der Waals surface area (Å²) in [4.78, 5) is 2.62. The number of nitrogens with zero attached hydrogens (tertiary/aromatic N) is 1. The summed E-state index contributed by atoms with van der Waals surface area (Å²) in [6, 6.07) is 6.54. The Kier molecular flexibility index (Phi) is 4.58. The SMILES string of the molecule is COc1ccc2c(c1)CCN(CCC1CCOC1)CC2. The van der Waals surface area contributed by atoms with Crippen molar-refractivity contribution < 1.29 is 9.47 Å². The van der Waals surface area contributed by atoms with Crippen molar-refractivity contribution in [1.29, 1.82) is 0 Å². The first-order chi connectivity index (χ1) is 9.85. The third kappa shape index (κ3) is 3.33. The standard InChI is InChI=1S/C17H25NO2/c1-19-17-3-2-15-5-9-18(10-6-16(15)12-17)8-4-14-7-11-20-13-14/h2-3,12,14H,4-11,13H2,1H3. The van der Waals surface area contributed by atoms with Gasteiger partial charge in [-0.05, 0) is 61.4 Å². The van der Waals surface area contributed by atoms with Crippen LogP contribution in [-0.2, 0) is 17.6 Å². The minimum Gasteiger partial charge on any atom is -0.497 e. The van der Waals surface area contributed by atoms with Gasteiger partial charge in [0.1, 0.15) is 5.75 Å². The number of hydrogen-bond acceptors (Lipinski definition) is 3. The van der Waals surface area contributed by atoms with Gasteiger partial charge in [0.25, 0.3) is 0 Å². The predicted octanol–water partition coefficient (Wildman–Crippen LogP) is 2.52. The molecule has 1 aromatic carbocycles. The lowest BCUT2D eigenvalue weighted by atomic mass is 10.0. The van der Waals surface area contributed by atoms with Crippen LogP contribution >= 0.6 is 0 Å². The van der Waals surface area contributed by atoms with E-state index in [-0.39, 0.29) is 0 Å². The number of benzene rings is 1. The van der Waals surface area contributed by atoms with Gasteiger partial charge in [-0.3, -0.25) is 0 Å². The number of ether oxygens (including phenoxy) is 2. The van der Waals surface area contributed by atoms with Crippen molar-refractivity contribution in [2.75, 3.05) is 40.0 Å². The molecule has 0 aromatic heterocycles. The van der Waals surface area contributed by atoms with E-state index in [4.69, 9.17) is 9.47 Å². The molecule has 110 valence electrons. The summed E-state index contributed by atoms with van der Waals surface area (Å²) < 4.78 is 10.8. The van der Waals surface area contributed by atoms with Crippen molar-refractivity contribution in [2.45, 2.75) is 25.7 Å². The molecule has 0 N–H and O–H groups in total. The summed E-state index contributed by atoms with van der Waals surface area (Å²) in [5, 5.41) is 0. The monoisotopic (exact) mass is 275 g/mol. The molecular formula is C17H25NO2. The summed E-state index contributed by atoms with van der Waals surface area (Å²) in [7, 11) is 1.74. The highest BCUT2D eigenvalue weighted by Gasteiger charge is 2.19. The maximum atomic E-state index is 5.47. The molecule has 0 spiro atoms. The molecule has 2 aliphatic rings. The Morgan fingerprint density at radius 3 is 2.85 bits per heavy atom. The number of fused-ring (bicyclic) bond motifs is 1. The van der Waals surface area contributed by atoms with E-state index in [0.717, 1.165) is 31.3 Å². The Labute approximate surface area is 121 Å². The van der Waals surface area contributed by atoms with Crippen molar-refractivity contribution in [3.8, 4) is 5.75 Å². The second-order valence-corrected chi connectivity index (χ2v) is 5.99. The molecule has 2 aliphatic heterocycles. The van der Waals surface area contributed by atoms with Gasteiger partial charge in [-0.1, -0.05) is 6.07 Å². The van der Waals surface area contributed by atoms with Gasteiger partial charge >= 0.3 is 0 Å². The highest BCUT2D eigenvalue weighted by molar-refractivity contribution is 5.36. The van der Waals surface area contributed by atoms with Crippen LogP contribution in [0.1, 0.15) is 24.0 Å². The normalized spacial score (nSPS) is 23.4. The molecule has 0 amide bonds. The first kappa shape index (κ1) is 13.9. The topological polar surface area (TPSA) is 21.7 Å². The molecule has 2 heterocycles. The van der Waals surface area contributed by atoms with E-state index < -0.39 is 0 Å². The fourth-order valence-electron chi connectivity index (χ4n) is 3.27. The molecule has 20 heavy (non-hydrogen) atoms. The third-order valence-corrected chi connectivity index (χ3v) is 4.69. The molecule has 3 nitrogen and oxygen atoms in total. The number of methoxy groups -OCH3 is 1. The van der Waals surface area contributed by atoms with Crippen molar-refractivity contribution >= 4 is 0 Å². The van der Waals surface area contributed by atoms with E-state index >= 15 is 0 Å². The van der Waals surface area contributed by atoms with Crippen molar-refractivity contribution in [3.05, 3.63) is 29.3 Å². The molecule has 0 radical (unpaired) electrons. The first-order valence-corrected chi connectivity index (χ1v) is 7.81. The Bertz CT molecular complexity index is 441. The van der Waals surface area contributed by atoms with Gasteiger partial charge in [0, 0.05) is 26.3 Å². The smallest absolute Gasteiger partial charge is 0.119 e. The largest absolute Gasteiger partial charge is 0.497 e. The molecule has 3 rings (SSSR count). The van der Waals surface area contributed by atoms with Crippen LogP contribution in [0.4, 0.5) is 0 Å². The van der Waals surface area contributed by atoms with E-state index in [1.165, 1.54) is 50.0 Å². The van der Waals surface area contributed by atoms with E-state index in [2.05, 4.69) is 23.1 Å². The highest BCUT2D eigenvalue weighted by atomic mass is 16.5. The van der Waals surface area contributed by atoms with Crippen LogP contribution in [0.3, 0.4) is 0 Å². The van der Waals surface area contributed by atoms with Crippen LogP contribution in [0.5, 0.6) is 5.75 Å². The van der Waals surface area contributed by atoms with Gasteiger partial charge in [0.15, 0.2) is 0 Å². The molecule has 1 aromatic rings. The molecule has 1 unspecified atom stereocenters. The zero-order valence-corrected chi connectivity index (χ0v) is 12.4. The minimum atomic E-state index is 0.792. The second kappa shape index (κ2) is 6.59. The zero-order chi connectivity index (χ0) is 13.8. The Morgan fingerprint density at radius 2 is 2.10 bits per heavy atom. The molecule has 0 saturated carbocycles. The van der Waals surface area contributed by atoms with E-state index in [0.29, 0.717) is 0 Å². The lowest BCUT2D eigenvalue weighted by Crippen LogP contribution is -2.29. The lowest BCUT2D eigenvalue weighted by Gasteiger charge is -2.21. The van der Waals surface area contributed by atoms with E-state index in [9.17, 15) is 0 Å². The molecule has 0 bridgehead atoms. The fourth-order valence-corrected chi connectivity index (χ4v) is 3.27. The molecule has 1 atom stereocenters. The van der Waals surface area contributed by atoms with Gasteiger partial charge in [-0.2, -0.15) is 0 Å². The Balaban J connectivity index is 1.55. The number of rotatable bonds is 4. The van der Waals surface area contributed by atoms with Crippen LogP contribution in [0.25, 0.3) is 0 Å². The van der Waals surface area contributed by atoms with Crippen molar-refractivity contribution in [3.63, 3.8) is 0 Å². The zero-order valence-electron chi connectivity index (χ0n) is 12.4. The van der Waals surface area contributed by atoms with Crippen LogP contribution in [0.15, 0.2) is 18.2 Å². The second-order valence-electron chi connectivity index (χ2n) is 5.99. The maximum absolute atomic E-state index is 5.47. The van der Waals surface area contributed by atoms with Gasteiger partial charge in [-0.15, -0.1) is 0 Å². The Hall–Kier alpha value is -1.06. The highest BCUT2D eigenvalue weighted by Crippen LogP contribution is 2.22. The lowest BCUT2D eigenvalue weighted by molar-refractivity contribution is 0.178. The minimum absolute atomic E-state index is 0.792. The summed E-state index contributed by atoms with van der Waals surface area (Å²) in [6.45, 7) is 5.53. The quantitative estimate of drug-likeness (QED) is 0.843. The average Bonchev–Trinajstić information content (AvgIpc) is 2.92. The molecule has 0 aliphatic carbocycles. The van der Waals surface area contributed by atoms with Gasteiger partial charge < -0.3 is 14.4 Å². The summed E-state index contributed by atoms with van der Waals surface area (Å²) in [5.41, 5.74) is 2.97. The predicted molar refractivity (Wildman–Crippen MR) is 80.4 cm³/mol. The fraction of sp³-hybridized carbons (Fsp3) is 0.647. The van der Waals surface area contributed by atoms with E-state index in [1.807, 2.05) is 0 Å². The number of hydrogen-bond donors (Lipinski definition) is 0. The Morgan fingerprint density at radius 1 is 1.25 bits per heavy atom. The van der Waals surface area contributed by atoms with Crippen molar-refractivity contribution in [2.24, 2.45) is 5.92 Å². The molecule has 3 heteroatoms. The van der Waals surface area contributed by atoms with Gasteiger partial charge in [-0.25, -0.2) is 0 Å². The van der Waals surface area contributed by atoms with Crippen molar-refractivity contribution in [1.82, 2.24) is 4.90 Å². The molecule has 1 fully saturated rings. The van der Waals surface area contributed by atoms with Crippen LogP contribution < -0.4 is 4.74 Å². The first-order valence-electron chi connectivity index (χ1n) is 7.81. The van der Waals surface area contributed by atoms with Crippen LogP contribution in [0.2, 0.25) is 0 Å². The average molecular weight is 275 g/mol. The third-order valence-electron chi connectivity index (χ3n) is 4.69.